The van der Waals surface area contributed by atoms with Crippen LogP contribution in [0.25, 0.3) is 11.0 Å². The van der Waals surface area contributed by atoms with E-state index in [4.69, 9.17) is 10.5 Å². The predicted octanol–water partition coefficient (Wildman–Crippen LogP) is 4.19. The van der Waals surface area contributed by atoms with Crippen LogP contribution in [-0.2, 0) is 4.74 Å². The van der Waals surface area contributed by atoms with E-state index in [0.29, 0.717) is 11.7 Å². The molecule has 1 fully saturated rings. The van der Waals surface area contributed by atoms with E-state index in [9.17, 15) is 0 Å². The zero-order chi connectivity index (χ0) is 17.4. The lowest BCUT2D eigenvalue weighted by atomic mass is 9.89. The minimum Gasteiger partial charge on any atom is -0.383 e. The normalized spacial score (nSPS) is 21.7. The van der Waals surface area contributed by atoms with Crippen molar-refractivity contribution >= 4 is 16.9 Å². The first kappa shape index (κ1) is 16.1. The number of benzene rings is 1. The number of hydrogen-bond donors (Lipinski definition) is 1. The highest BCUT2D eigenvalue weighted by Crippen LogP contribution is 2.39. The second-order valence-electron chi connectivity index (χ2n) is 6.85. The van der Waals surface area contributed by atoms with E-state index in [-0.39, 0.29) is 12.3 Å². The first-order valence-electron chi connectivity index (χ1n) is 8.96. The van der Waals surface area contributed by atoms with Crippen molar-refractivity contribution in [3.63, 3.8) is 0 Å². The smallest absolute Gasteiger partial charge is 0.147 e. The predicted molar refractivity (Wildman–Crippen MR) is 99.3 cm³/mol. The van der Waals surface area contributed by atoms with Crippen LogP contribution >= 0.6 is 0 Å². The van der Waals surface area contributed by atoms with Crippen molar-refractivity contribution in [2.24, 2.45) is 0 Å². The van der Waals surface area contributed by atoms with Crippen molar-refractivity contribution in [1.82, 2.24) is 14.5 Å². The van der Waals surface area contributed by atoms with Crippen LogP contribution in [0.3, 0.4) is 0 Å². The lowest BCUT2D eigenvalue weighted by Crippen LogP contribution is -2.19. The summed E-state index contributed by atoms with van der Waals surface area (Å²) in [7, 11) is 0. The largest absolute Gasteiger partial charge is 0.383 e. The molecule has 1 aliphatic rings. The molecule has 0 aliphatic carbocycles. The molecule has 130 valence electrons. The summed E-state index contributed by atoms with van der Waals surface area (Å²) in [6.07, 6.45) is 6.88. The van der Waals surface area contributed by atoms with Crippen LogP contribution in [0.1, 0.15) is 49.5 Å². The van der Waals surface area contributed by atoms with Crippen LogP contribution < -0.4 is 5.73 Å². The summed E-state index contributed by atoms with van der Waals surface area (Å²) >= 11 is 0. The lowest BCUT2D eigenvalue weighted by molar-refractivity contribution is -0.00878. The average molecular weight is 336 g/mol. The van der Waals surface area contributed by atoms with Gasteiger partial charge in [0.15, 0.2) is 0 Å². The Kier molecular flexibility index (Phi) is 4.17. The second-order valence-corrected chi connectivity index (χ2v) is 6.85. The zero-order valence-electron chi connectivity index (χ0n) is 14.7. The molecule has 1 aromatic carbocycles. The molecule has 3 atom stereocenters. The number of fused-ring (bicyclic) bond motifs is 1. The molecule has 3 unspecified atom stereocenters. The molecule has 0 amide bonds. The Morgan fingerprint density at radius 3 is 2.76 bits per heavy atom. The van der Waals surface area contributed by atoms with Gasteiger partial charge in [0.1, 0.15) is 24.0 Å². The Hall–Kier alpha value is -2.40. The monoisotopic (exact) mass is 336 g/mol. The van der Waals surface area contributed by atoms with Gasteiger partial charge in [0, 0.05) is 12.1 Å². The highest BCUT2D eigenvalue weighted by atomic mass is 16.5. The number of nitrogen functional groups attached to an aromatic ring is 1. The van der Waals surface area contributed by atoms with Crippen molar-refractivity contribution in [2.75, 3.05) is 5.73 Å². The zero-order valence-corrected chi connectivity index (χ0v) is 14.7. The number of aromatic nitrogens is 3. The Morgan fingerprint density at radius 1 is 1.20 bits per heavy atom. The number of ether oxygens (including phenoxy) is 1. The summed E-state index contributed by atoms with van der Waals surface area (Å²) in [6.45, 7) is 4.36. The fourth-order valence-electron chi connectivity index (χ4n) is 3.90. The second kappa shape index (κ2) is 6.48. The van der Waals surface area contributed by atoms with Crippen LogP contribution in [0, 0.1) is 6.92 Å². The molecular weight excluding hydrogens is 312 g/mol. The summed E-state index contributed by atoms with van der Waals surface area (Å²) in [5, 5.41) is 0.889. The van der Waals surface area contributed by atoms with Crippen LogP contribution in [0.2, 0.25) is 0 Å². The molecule has 2 aromatic heterocycles. The molecule has 0 bridgehead atoms. The van der Waals surface area contributed by atoms with Crippen LogP contribution in [0.4, 0.5) is 5.82 Å². The van der Waals surface area contributed by atoms with E-state index in [1.165, 1.54) is 17.5 Å². The van der Waals surface area contributed by atoms with Crippen molar-refractivity contribution < 1.29 is 4.74 Å². The minimum atomic E-state index is 0.0105. The van der Waals surface area contributed by atoms with Gasteiger partial charge >= 0.3 is 0 Å². The first-order valence-corrected chi connectivity index (χ1v) is 8.96. The number of rotatable bonds is 4. The molecule has 4 rings (SSSR count). The van der Waals surface area contributed by atoms with Gasteiger partial charge in [-0.25, -0.2) is 9.97 Å². The van der Waals surface area contributed by atoms with E-state index >= 15 is 0 Å². The summed E-state index contributed by atoms with van der Waals surface area (Å²) in [6, 6.07) is 10.8. The molecule has 3 heterocycles. The highest BCUT2D eigenvalue weighted by molar-refractivity contribution is 5.86. The molecule has 5 nitrogen and oxygen atoms in total. The van der Waals surface area contributed by atoms with E-state index in [1.54, 1.807) is 0 Å². The van der Waals surface area contributed by atoms with Gasteiger partial charge in [0.25, 0.3) is 0 Å². The van der Waals surface area contributed by atoms with Gasteiger partial charge in [0.05, 0.1) is 11.5 Å². The summed E-state index contributed by atoms with van der Waals surface area (Å²) in [5.74, 6) is 0.941. The molecule has 0 spiro atoms. The molecule has 1 aliphatic heterocycles. The average Bonchev–Trinajstić information content (AvgIpc) is 3.25. The van der Waals surface area contributed by atoms with Crippen LogP contribution in [0.5, 0.6) is 0 Å². The number of nitrogens with two attached hydrogens (primary N) is 1. The summed E-state index contributed by atoms with van der Waals surface area (Å²) in [5.41, 5.74) is 9.45. The van der Waals surface area contributed by atoms with Crippen molar-refractivity contribution in [3.8, 4) is 0 Å². The Bertz CT molecular complexity index is 871. The Morgan fingerprint density at radius 2 is 2.00 bits per heavy atom. The third-order valence-electron chi connectivity index (χ3n) is 5.27. The molecular formula is C20H24N4O. The molecule has 5 heteroatoms. The van der Waals surface area contributed by atoms with Gasteiger partial charge in [0.2, 0.25) is 0 Å². The Balaban J connectivity index is 1.57. The van der Waals surface area contributed by atoms with E-state index in [1.807, 2.05) is 12.3 Å². The third kappa shape index (κ3) is 2.89. The van der Waals surface area contributed by atoms with E-state index < -0.39 is 0 Å². The molecule has 0 radical (unpaired) electrons. The van der Waals surface area contributed by atoms with Gasteiger partial charge < -0.3 is 15.0 Å². The maximum atomic E-state index is 6.45. The third-order valence-corrected chi connectivity index (χ3v) is 5.27. The molecule has 0 saturated carbocycles. The highest BCUT2D eigenvalue weighted by Gasteiger charge is 2.33. The summed E-state index contributed by atoms with van der Waals surface area (Å²) in [4.78, 5) is 8.46. The van der Waals surface area contributed by atoms with Crippen LogP contribution in [-0.4, -0.2) is 20.6 Å². The minimum absolute atomic E-state index is 0.0105. The number of hydrogen-bond acceptors (Lipinski definition) is 4. The fraction of sp³-hybridized carbons (Fsp3) is 0.400. The first-order chi connectivity index (χ1) is 12.2. The number of nitrogens with zero attached hydrogens (tertiary/aromatic N) is 3. The quantitative estimate of drug-likeness (QED) is 0.775. The van der Waals surface area contributed by atoms with Crippen LogP contribution in [0.15, 0.2) is 42.9 Å². The van der Waals surface area contributed by atoms with E-state index in [0.717, 1.165) is 30.3 Å². The maximum absolute atomic E-state index is 6.45. The SMILES string of the molecule is CCC(c1ccc(C)cc1)C1CCC(n2ccc3c(N)ncnc32)O1. The topological polar surface area (TPSA) is 66.0 Å². The van der Waals surface area contributed by atoms with Gasteiger partial charge in [-0.1, -0.05) is 36.8 Å². The van der Waals surface area contributed by atoms with Gasteiger partial charge in [-0.15, -0.1) is 0 Å². The van der Waals surface area contributed by atoms with Crippen molar-refractivity contribution in [1.29, 1.82) is 0 Å². The fourth-order valence-corrected chi connectivity index (χ4v) is 3.90. The van der Waals surface area contributed by atoms with Gasteiger partial charge in [-0.05, 0) is 37.8 Å². The maximum Gasteiger partial charge on any atom is 0.147 e. The van der Waals surface area contributed by atoms with Crippen molar-refractivity contribution in [3.05, 3.63) is 54.0 Å². The van der Waals surface area contributed by atoms with Crippen molar-refractivity contribution in [2.45, 2.75) is 51.4 Å². The molecule has 3 aromatic rings. The van der Waals surface area contributed by atoms with E-state index in [2.05, 4.69) is 52.6 Å². The Labute approximate surface area is 147 Å². The van der Waals surface area contributed by atoms with Gasteiger partial charge in [-0.3, -0.25) is 0 Å². The molecule has 25 heavy (non-hydrogen) atoms. The summed E-state index contributed by atoms with van der Waals surface area (Å²) < 4.78 is 8.55. The standard InChI is InChI=1S/C20H24N4O/c1-3-15(14-6-4-13(2)5-7-14)17-8-9-18(25-17)24-11-10-16-19(21)22-12-23-20(16)24/h4-7,10-12,15,17-18H,3,8-9H2,1-2H3,(H2,21,22,23). The number of anilines is 1. The molecule has 2 N–H and O–H groups in total. The number of aryl methyl sites for hydroxylation is 1. The van der Waals surface area contributed by atoms with Gasteiger partial charge in [-0.2, -0.15) is 0 Å². The lowest BCUT2D eigenvalue weighted by Gasteiger charge is -2.24. The molecule has 1 saturated heterocycles.